The van der Waals surface area contributed by atoms with Gasteiger partial charge in [-0.05, 0) is 14.1 Å². The number of nitrogen functional groups attached to an aromatic ring is 2. The molecule has 0 aromatic carbocycles. The molecular formula is C7H15N5. The maximum absolute atomic E-state index is 5.72. The standard InChI is InChI=1S/C7H15N5/c1-11(2)4-5-6(8)7(9)12(3)10-5/h4,8-9H2,1-3H3. The highest BCUT2D eigenvalue weighted by atomic mass is 15.3. The highest BCUT2D eigenvalue weighted by molar-refractivity contribution is 5.61. The molecule has 0 unspecified atom stereocenters. The summed E-state index contributed by atoms with van der Waals surface area (Å²) in [6.07, 6.45) is 0. The summed E-state index contributed by atoms with van der Waals surface area (Å²) in [4.78, 5) is 2.00. The topological polar surface area (TPSA) is 73.1 Å². The molecule has 0 aliphatic rings. The van der Waals surface area contributed by atoms with Crippen molar-refractivity contribution >= 4 is 11.5 Å². The molecule has 0 aliphatic heterocycles. The molecule has 0 saturated carbocycles. The van der Waals surface area contributed by atoms with Crippen molar-refractivity contribution < 1.29 is 0 Å². The summed E-state index contributed by atoms with van der Waals surface area (Å²) in [5, 5.41) is 4.17. The highest BCUT2D eigenvalue weighted by Crippen LogP contribution is 2.18. The summed E-state index contributed by atoms with van der Waals surface area (Å²) in [6.45, 7) is 0.719. The first-order chi connectivity index (χ1) is 5.52. The Labute approximate surface area is 71.9 Å². The van der Waals surface area contributed by atoms with E-state index in [4.69, 9.17) is 11.5 Å². The van der Waals surface area contributed by atoms with Gasteiger partial charge in [-0.1, -0.05) is 0 Å². The van der Waals surface area contributed by atoms with Gasteiger partial charge in [-0.2, -0.15) is 5.10 Å². The van der Waals surface area contributed by atoms with E-state index in [0.717, 1.165) is 12.2 Å². The van der Waals surface area contributed by atoms with Gasteiger partial charge in [0.2, 0.25) is 0 Å². The second kappa shape index (κ2) is 3.02. The minimum absolute atomic E-state index is 0.534. The summed E-state index contributed by atoms with van der Waals surface area (Å²) in [6, 6.07) is 0. The van der Waals surface area contributed by atoms with Crippen molar-refractivity contribution in [3.05, 3.63) is 5.69 Å². The Balaban J connectivity index is 2.93. The molecule has 0 spiro atoms. The van der Waals surface area contributed by atoms with Crippen LogP contribution < -0.4 is 11.5 Å². The third-order valence-electron chi connectivity index (χ3n) is 1.67. The minimum Gasteiger partial charge on any atom is -0.394 e. The van der Waals surface area contributed by atoms with Crippen LogP contribution in [0.3, 0.4) is 0 Å². The Morgan fingerprint density at radius 3 is 2.33 bits per heavy atom. The first-order valence-corrected chi connectivity index (χ1v) is 3.74. The maximum atomic E-state index is 5.72. The molecule has 0 fully saturated rings. The lowest BCUT2D eigenvalue weighted by molar-refractivity contribution is 0.395. The van der Waals surface area contributed by atoms with Crippen LogP contribution in [0.2, 0.25) is 0 Å². The molecule has 0 aliphatic carbocycles. The Bertz CT molecular complexity index is 276. The molecule has 0 saturated heterocycles. The van der Waals surface area contributed by atoms with Crippen LogP contribution in [-0.4, -0.2) is 28.8 Å². The molecule has 0 amide bonds. The van der Waals surface area contributed by atoms with Crippen molar-refractivity contribution in [2.75, 3.05) is 25.6 Å². The molecule has 1 aromatic heterocycles. The second-order valence-electron chi connectivity index (χ2n) is 3.11. The average Bonchev–Trinajstić information content (AvgIpc) is 2.17. The largest absolute Gasteiger partial charge is 0.394 e. The molecule has 1 rings (SSSR count). The third-order valence-corrected chi connectivity index (χ3v) is 1.67. The van der Waals surface area contributed by atoms with E-state index in [9.17, 15) is 0 Å². The first-order valence-electron chi connectivity index (χ1n) is 3.74. The van der Waals surface area contributed by atoms with Gasteiger partial charge in [0.1, 0.15) is 11.5 Å². The van der Waals surface area contributed by atoms with Gasteiger partial charge < -0.3 is 16.4 Å². The first kappa shape index (κ1) is 8.86. The van der Waals surface area contributed by atoms with E-state index in [2.05, 4.69) is 5.10 Å². The van der Waals surface area contributed by atoms with Crippen LogP contribution in [0.5, 0.6) is 0 Å². The van der Waals surface area contributed by atoms with Gasteiger partial charge in [0, 0.05) is 13.6 Å². The number of hydrogen-bond acceptors (Lipinski definition) is 4. The fourth-order valence-electron chi connectivity index (χ4n) is 1.03. The Hall–Kier alpha value is -1.23. The molecular weight excluding hydrogens is 154 g/mol. The van der Waals surface area contributed by atoms with E-state index in [0.29, 0.717) is 11.5 Å². The van der Waals surface area contributed by atoms with Crippen molar-refractivity contribution in [1.29, 1.82) is 0 Å². The zero-order valence-corrected chi connectivity index (χ0v) is 7.70. The van der Waals surface area contributed by atoms with Gasteiger partial charge in [-0.25, -0.2) is 0 Å². The van der Waals surface area contributed by atoms with E-state index < -0.39 is 0 Å². The smallest absolute Gasteiger partial charge is 0.145 e. The van der Waals surface area contributed by atoms with Crippen LogP contribution in [0, 0.1) is 0 Å². The van der Waals surface area contributed by atoms with Crippen LogP contribution in [-0.2, 0) is 13.6 Å². The normalized spacial score (nSPS) is 11.0. The van der Waals surface area contributed by atoms with E-state index in [1.165, 1.54) is 0 Å². The van der Waals surface area contributed by atoms with Crippen molar-refractivity contribution in [2.45, 2.75) is 6.54 Å². The minimum atomic E-state index is 0.534. The van der Waals surface area contributed by atoms with Crippen molar-refractivity contribution in [3.63, 3.8) is 0 Å². The van der Waals surface area contributed by atoms with Gasteiger partial charge in [0.15, 0.2) is 0 Å². The second-order valence-corrected chi connectivity index (χ2v) is 3.11. The summed E-state index contributed by atoms with van der Waals surface area (Å²) in [5.74, 6) is 0.534. The van der Waals surface area contributed by atoms with E-state index in [-0.39, 0.29) is 0 Å². The fraction of sp³-hybridized carbons (Fsp3) is 0.571. The molecule has 5 heteroatoms. The van der Waals surface area contributed by atoms with Gasteiger partial charge in [0.05, 0.1) is 5.69 Å². The Morgan fingerprint density at radius 1 is 1.42 bits per heavy atom. The number of rotatable bonds is 2. The number of nitrogens with two attached hydrogens (primary N) is 2. The number of aryl methyl sites for hydroxylation is 1. The Kier molecular flexibility index (Phi) is 2.23. The van der Waals surface area contributed by atoms with Crippen molar-refractivity contribution in [3.8, 4) is 0 Å². The Morgan fingerprint density at radius 2 is 2.00 bits per heavy atom. The van der Waals surface area contributed by atoms with Crippen LogP contribution in [0.4, 0.5) is 11.5 Å². The van der Waals surface area contributed by atoms with Gasteiger partial charge in [-0.3, -0.25) is 4.68 Å². The van der Waals surface area contributed by atoms with Gasteiger partial charge in [0.25, 0.3) is 0 Å². The van der Waals surface area contributed by atoms with Crippen LogP contribution >= 0.6 is 0 Å². The van der Waals surface area contributed by atoms with Crippen LogP contribution in [0.25, 0.3) is 0 Å². The average molecular weight is 169 g/mol. The molecule has 0 radical (unpaired) electrons. The molecule has 0 atom stereocenters. The molecule has 4 N–H and O–H groups in total. The number of nitrogens with zero attached hydrogens (tertiary/aromatic N) is 3. The summed E-state index contributed by atoms with van der Waals surface area (Å²) in [5.41, 5.74) is 12.8. The van der Waals surface area contributed by atoms with Crippen LogP contribution in [0.1, 0.15) is 5.69 Å². The lowest BCUT2D eigenvalue weighted by atomic mass is 10.3. The molecule has 1 heterocycles. The molecule has 12 heavy (non-hydrogen) atoms. The van der Waals surface area contributed by atoms with E-state index in [1.54, 1.807) is 11.7 Å². The zero-order chi connectivity index (χ0) is 9.30. The highest BCUT2D eigenvalue weighted by Gasteiger charge is 2.10. The predicted octanol–water partition coefficient (Wildman–Crippen LogP) is -0.354. The molecule has 68 valence electrons. The SMILES string of the molecule is CN(C)Cc1nn(C)c(N)c1N. The summed E-state index contributed by atoms with van der Waals surface area (Å²) in [7, 11) is 5.71. The number of hydrogen-bond donors (Lipinski definition) is 2. The van der Waals surface area contributed by atoms with Crippen molar-refractivity contribution in [1.82, 2.24) is 14.7 Å². The lowest BCUT2D eigenvalue weighted by Gasteiger charge is -2.06. The monoisotopic (exact) mass is 169 g/mol. The van der Waals surface area contributed by atoms with Gasteiger partial charge in [-0.15, -0.1) is 0 Å². The lowest BCUT2D eigenvalue weighted by Crippen LogP contribution is -2.12. The quantitative estimate of drug-likeness (QED) is 0.634. The summed E-state index contributed by atoms with van der Waals surface area (Å²) >= 11 is 0. The number of anilines is 2. The number of aromatic nitrogens is 2. The maximum Gasteiger partial charge on any atom is 0.145 e. The predicted molar refractivity (Wildman–Crippen MR) is 49.4 cm³/mol. The van der Waals surface area contributed by atoms with Crippen molar-refractivity contribution in [2.24, 2.45) is 7.05 Å². The summed E-state index contributed by atoms with van der Waals surface area (Å²) < 4.78 is 1.59. The third kappa shape index (κ3) is 1.50. The molecule has 1 aromatic rings. The van der Waals surface area contributed by atoms with E-state index >= 15 is 0 Å². The van der Waals surface area contributed by atoms with Gasteiger partial charge >= 0.3 is 0 Å². The molecule has 0 bridgehead atoms. The van der Waals surface area contributed by atoms with Crippen LogP contribution in [0.15, 0.2) is 0 Å². The van der Waals surface area contributed by atoms with E-state index in [1.807, 2.05) is 19.0 Å². The zero-order valence-electron chi connectivity index (χ0n) is 7.70. The fourth-order valence-corrected chi connectivity index (χ4v) is 1.03. The molecule has 5 nitrogen and oxygen atoms in total.